The largest absolute Gasteiger partial charge is 0.507 e. The summed E-state index contributed by atoms with van der Waals surface area (Å²) in [5, 5.41) is 15.4. The number of amides is 1. The Morgan fingerprint density at radius 2 is 1.69 bits per heavy atom. The molecule has 2 N–H and O–H groups in total. The Kier molecular flexibility index (Phi) is 10.9. The van der Waals surface area contributed by atoms with Gasteiger partial charge in [0, 0.05) is 60.4 Å². The first-order valence-corrected chi connectivity index (χ1v) is 18.6. The van der Waals surface area contributed by atoms with Crippen molar-refractivity contribution in [3.05, 3.63) is 86.1 Å². The van der Waals surface area contributed by atoms with Crippen molar-refractivity contribution >= 4 is 51.7 Å². The summed E-state index contributed by atoms with van der Waals surface area (Å²) in [5.41, 5.74) is -1.43. The van der Waals surface area contributed by atoms with Crippen molar-refractivity contribution in [2.45, 2.75) is 49.6 Å². The topological polar surface area (TPSA) is 165 Å². The van der Waals surface area contributed by atoms with Crippen molar-refractivity contribution in [2.24, 2.45) is 5.92 Å². The molecule has 3 atom stereocenters. The summed E-state index contributed by atoms with van der Waals surface area (Å²) in [4.78, 5) is 61.1. The van der Waals surface area contributed by atoms with Crippen molar-refractivity contribution in [3.63, 3.8) is 0 Å². The molecule has 2 heterocycles. The van der Waals surface area contributed by atoms with E-state index in [1.807, 2.05) is 18.4 Å². The Morgan fingerprint density at radius 3 is 2.31 bits per heavy atom. The number of aliphatic hydroxyl groups excluding tert-OH is 1. The molecule has 1 aliphatic carbocycles. The lowest BCUT2D eigenvalue weighted by atomic mass is 9.69. The van der Waals surface area contributed by atoms with Crippen LogP contribution in [0.25, 0.3) is 10.9 Å². The second-order valence-electron chi connectivity index (χ2n) is 13.0. The minimum Gasteiger partial charge on any atom is -0.507 e. The number of hydrogen-bond acceptors (Lipinski definition) is 12. The number of ketones is 2. The quantitative estimate of drug-likeness (QED) is 0.166. The van der Waals surface area contributed by atoms with E-state index in [-0.39, 0.29) is 64.9 Å². The number of nitrogens with zero attached hydrogens (tertiary/aromatic N) is 2. The highest BCUT2D eigenvalue weighted by Crippen LogP contribution is 2.55. The highest BCUT2D eigenvalue weighted by molar-refractivity contribution is 7.98. The number of methoxy groups -OCH3 is 4. The van der Waals surface area contributed by atoms with Crippen LogP contribution in [0.5, 0.6) is 28.7 Å². The SMILES string of the molecule is COc1cc2nc(C)n(CCNC(=O)CC(C3=C(O)C4(Oc5c(Cl)c(OC)cc(OC)c5C4=O)C(C)CC3=O)c3ccc(SC)cc3)c(=O)c2cc1OC. The molecule has 2 aliphatic rings. The standard InChI is InChI=1S/C39H40ClN3O10S/c1-19-14-26(44)32(36(46)39(19)37(47)33-29(51-5)18-30(52-6)34(40)35(33)53-39)23(21-8-10-22(54-7)11-9-21)16-31(45)41-12-13-43-20(2)42-25-17-28(50-4)27(49-3)15-24(25)38(43)48/h8-11,15,17-19,23,46H,12-14,16H2,1-7H3,(H,41,45). The number of aryl methyl sites for hydroxylation is 1. The molecule has 1 aromatic heterocycles. The molecule has 0 radical (unpaired) electrons. The maximum Gasteiger partial charge on any atom is 0.261 e. The normalized spacial score (nSPS) is 18.4. The van der Waals surface area contributed by atoms with Crippen molar-refractivity contribution in [2.75, 3.05) is 41.2 Å². The molecule has 284 valence electrons. The molecule has 0 fully saturated rings. The number of Topliss-reactive ketones (excluding diaryl/α,β-unsaturated/α-hetero) is 2. The van der Waals surface area contributed by atoms with E-state index in [2.05, 4.69) is 10.3 Å². The molecule has 0 saturated heterocycles. The average molecular weight is 778 g/mol. The number of rotatable bonds is 12. The molecule has 0 bridgehead atoms. The summed E-state index contributed by atoms with van der Waals surface area (Å²) in [6.45, 7) is 3.48. The fourth-order valence-corrected chi connectivity index (χ4v) is 7.92. The van der Waals surface area contributed by atoms with Crippen LogP contribution in [-0.4, -0.2) is 79.0 Å². The van der Waals surface area contributed by atoms with Gasteiger partial charge in [0.25, 0.3) is 5.56 Å². The third kappa shape index (κ3) is 6.40. The molecule has 1 aliphatic heterocycles. The molecule has 0 saturated carbocycles. The van der Waals surface area contributed by atoms with Gasteiger partial charge in [-0.15, -0.1) is 11.8 Å². The number of aromatic nitrogens is 2. The predicted octanol–water partition coefficient (Wildman–Crippen LogP) is 5.84. The molecule has 13 nitrogen and oxygen atoms in total. The summed E-state index contributed by atoms with van der Waals surface area (Å²) in [5.74, 6) is -2.36. The Balaban J connectivity index is 1.34. The number of thioether (sulfide) groups is 1. The van der Waals surface area contributed by atoms with Crippen LogP contribution in [0.3, 0.4) is 0 Å². The van der Waals surface area contributed by atoms with Crippen LogP contribution in [-0.2, 0) is 16.1 Å². The van der Waals surface area contributed by atoms with Crippen LogP contribution in [0.15, 0.2) is 63.5 Å². The first kappa shape index (κ1) is 38.5. The number of ether oxygens (including phenoxy) is 5. The van der Waals surface area contributed by atoms with Gasteiger partial charge in [0.2, 0.25) is 17.3 Å². The van der Waals surface area contributed by atoms with Crippen LogP contribution < -0.4 is 34.6 Å². The fraction of sp³-hybridized carbons (Fsp3) is 0.359. The van der Waals surface area contributed by atoms with Crippen molar-refractivity contribution in [1.82, 2.24) is 14.9 Å². The summed E-state index contributed by atoms with van der Waals surface area (Å²) in [6, 6.07) is 11.9. The van der Waals surface area contributed by atoms with Crippen molar-refractivity contribution in [3.8, 4) is 28.7 Å². The predicted molar refractivity (Wildman–Crippen MR) is 203 cm³/mol. The summed E-state index contributed by atoms with van der Waals surface area (Å²) >= 11 is 8.14. The van der Waals surface area contributed by atoms with E-state index in [1.54, 1.807) is 38.1 Å². The van der Waals surface area contributed by atoms with Gasteiger partial charge < -0.3 is 34.1 Å². The molecular formula is C39H40ClN3O10S. The third-order valence-electron chi connectivity index (χ3n) is 10.1. The highest BCUT2D eigenvalue weighted by atomic mass is 35.5. The number of aliphatic hydroxyl groups is 1. The molecule has 6 rings (SSSR count). The second-order valence-corrected chi connectivity index (χ2v) is 14.2. The zero-order valence-electron chi connectivity index (χ0n) is 30.8. The molecule has 15 heteroatoms. The zero-order valence-corrected chi connectivity index (χ0v) is 32.4. The average Bonchev–Trinajstić information content (AvgIpc) is 3.48. The van der Waals surface area contributed by atoms with Gasteiger partial charge in [-0.25, -0.2) is 4.98 Å². The highest BCUT2D eigenvalue weighted by Gasteiger charge is 2.61. The number of fused-ring (bicyclic) bond motifs is 2. The van der Waals surface area contributed by atoms with Crippen LogP contribution in [0.1, 0.15) is 47.4 Å². The smallest absolute Gasteiger partial charge is 0.261 e. The number of nitrogens with one attached hydrogen (secondary N) is 1. The molecule has 3 unspecified atom stereocenters. The van der Waals surface area contributed by atoms with Gasteiger partial charge in [-0.05, 0) is 36.9 Å². The zero-order chi connectivity index (χ0) is 39.1. The summed E-state index contributed by atoms with van der Waals surface area (Å²) < 4.78 is 29.4. The lowest BCUT2D eigenvalue weighted by molar-refractivity contribution is -0.121. The monoisotopic (exact) mass is 777 g/mol. The summed E-state index contributed by atoms with van der Waals surface area (Å²) in [6.07, 6.45) is 1.49. The van der Waals surface area contributed by atoms with E-state index >= 15 is 0 Å². The first-order valence-electron chi connectivity index (χ1n) is 17.0. The van der Waals surface area contributed by atoms with Gasteiger partial charge in [0.05, 0.1) is 39.3 Å². The number of carbonyl (C=O) groups excluding carboxylic acids is 3. The molecule has 54 heavy (non-hydrogen) atoms. The van der Waals surface area contributed by atoms with E-state index in [4.69, 9.17) is 35.3 Å². The Bertz CT molecular complexity index is 2270. The lowest BCUT2D eigenvalue weighted by Crippen LogP contribution is -2.53. The first-order chi connectivity index (χ1) is 25.8. The molecule has 3 aromatic carbocycles. The van der Waals surface area contributed by atoms with E-state index in [1.165, 1.54) is 50.8 Å². The van der Waals surface area contributed by atoms with Gasteiger partial charge >= 0.3 is 0 Å². The van der Waals surface area contributed by atoms with Crippen LogP contribution >= 0.6 is 23.4 Å². The fourth-order valence-electron chi connectivity index (χ4n) is 7.25. The van der Waals surface area contributed by atoms with E-state index in [0.717, 1.165) is 4.90 Å². The van der Waals surface area contributed by atoms with Gasteiger partial charge in [0.15, 0.2) is 28.8 Å². The maximum atomic E-state index is 14.4. The van der Waals surface area contributed by atoms with Crippen LogP contribution in [0, 0.1) is 12.8 Å². The molecule has 1 spiro atoms. The molecular weight excluding hydrogens is 738 g/mol. The van der Waals surface area contributed by atoms with Gasteiger partial charge in [-0.3, -0.25) is 23.7 Å². The number of benzene rings is 3. The van der Waals surface area contributed by atoms with Gasteiger partial charge in [-0.2, -0.15) is 0 Å². The minimum atomic E-state index is -2.02. The van der Waals surface area contributed by atoms with E-state index in [9.17, 15) is 24.3 Å². The molecule has 4 aromatic rings. The number of halogens is 1. The number of allylic oxidation sites excluding steroid dienone is 1. The van der Waals surface area contributed by atoms with Crippen molar-refractivity contribution in [1.29, 1.82) is 0 Å². The maximum absolute atomic E-state index is 14.4. The Hall–Kier alpha value is -5.21. The Morgan fingerprint density at radius 1 is 1.04 bits per heavy atom. The van der Waals surface area contributed by atoms with Gasteiger partial charge in [-0.1, -0.05) is 30.7 Å². The lowest BCUT2D eigenvalue weighted by Gasteiger charge is -2.38. The van der Waals surface area contributed by atoms with Crippen LogP contribution in [0.4, 0.5) is 0 Å². The van der Waals surface area contributed by atoms with Crippen LogP contribution in [0.2, 0.25) is 5.02 Å². The minimum absolute atomic E-state index is 0.00961. The second kappa shape index (κ2) is 15.3. The molecule has 1 amide bonds. The number of carbonyl (C=O) groups is 3. The third-order valence-corrected chi connectivity index (χ3v) is 11.2. The number of hydrogen-bond donors (Lipinski definition) is 2. The van der Waals surface area contributed by atoms with Gasteiger partial charge in [0.1, 0.15) is 27.9 Å². The Labute approximate surface area is 320 Å². The van der Waals surface area contributed by atoms with E-state index < -0.39 is 40.7 Å². The summed E-state index contributed by atoms with van der Waals surface area (Å²) in [7, 11) is 5.76. The van der Waals surface area contributed by atoms with E-state index in [0.29, 0.717) is 33.8 Å². The van der Waals surface area contributed by atoms with Crippen molar-refractivity contribution < 1.29 is 43.2 Å².